The molecule has 1 nitrogen and oxygen atoms in total. The fourth-order valence-electron chi connectivity index (χ4n) is 0.806. The van der Waals surface area contributed by atoms with Crippen LogP contribution in [0, 0.1) is 3.57 Å². The minimum atomic E-state index is -2.65. The van der Waals surface area contributed by atoms with E-state index < -0.39 is 13.1 Å². The summed E-state index contributed by atoms with van der Waals surface area (Å²) < 4.78 is 37.0. The van der Waals surface area contributed by atoms with Crippen LogP contribution in [0.4, 0.5) is 13.2 Å². The van der Waals surface area contributed by atoms with Crippen molar-refractivity contribution in [2.24, 2.45) is 0 Å². The third kappa shape index (κ3) is 1.88. The molecular formula is C7H5F3IN. The van der Waals surface area contributed by atoms with Gasteiger partial charge in [0.1, 0.15) is 6.67 Å². The molecule has 0 aliphatic rings. The van der Waals surface area contributed by atoms with Gasteiger partial charge in [-0.15, -0.1) is 0 Å². The number of nitrogens with zero attached hydrogens (tertiary/aromatic N) is 1. The number of hydrogen-bond donors (Lipinski definition) is 0. The van der Waals surface area contributed by atoms with Gasteiger partial charge in [-0.25, -0.2) is 13.2 Å². The van der Waals surface area contributed by atoms with Crippen molar-refractivity contribution >= 4 is 22.6 Å². The maximum atomic E-state index is 12.2. The molecule has 0 unspecified atom stereocenters. The summed E-state index contributed by atoms with van der Waals surface area (Å²) in [6.45, 7) is -0.875. The molecule has 0 saturated carbocycles. The lowest BCUT2D eigenvalue weighted by Gasteiger charge is -2.05. The van der Waals surface area contributed by atoms with Gasteiger partial charge in [0.05, 0.1) is 0 Å². The predicted molar refractivity (Wildman–Crippen MR) is 46.7 cm³/mol. The molecule has 12 heavy (non-hydrogen) atoms. The van der Waals surface area contributed by atoms with E-state index in [0.29, 0.717) is 3.57 Å². The van der Waals surface area contributed by atoms with Crippen molar-refractivity contribution in [2.75, 3.05) is 0 Å². The Hall–Kier alpha value is -0.330. The largest absolute Gasteiger partial charge is 0.265 e. The smallest absolute Gasteiger partial charge is 0.263 e. The Balaban J connectivity index is 3.18. The lowest BCUT2D eigenvalue weighted by Crippen LogP contribution is -1.97. The lowest BCUT2D eigenvalue weighted by molar-refractivity contribution is 0.148. The summed E-state index contributed by atoms with van der Waals surface area (Å²) in [5.41, 5.74) is -0.273. The molecule has 1 aromatic rings. The van der Waals surface area contributed by atoms with Gasteiger partial charge in [0.25, 0.3) is 6.43 Å². The molecule has 1 aromatic heterocycles. The van der Waals surface area contributed by atoms with Gasteiger partial charge in [0.2, 0.25) is 0 Å². The molecule has 1 heterocycles. The molecule has 0 aliphatic heterocycles. The SMILES string of the molecule is FCc1c(I)cncc1C(F)F. The van der Waals surface area contributed by atoms with Crippen molar-refractivity contribution in [3.05, 3.63) is 27.1 Å². The maximum absolute atomic E-state index is 12.2. The summed E-state index contributed by atoms with van der Waals surface area (Å²) in [5.74, 6) is 0. The second-order valence-corrected chi connectivity index (χ2v) is 3.29. The van der Waals surface area contributed by atoms with Gasteiger partial charge in [0.15, 0.2) is 0 Å². The number of aromatic nitrogens is 1. The van der Waals surface area contributed by atoms with Crippen molar-refractivity contribution in [3.8, 4) is 0 Å². The van der Waals surface area contributed by atoms with E-state index >= 15 is 0 Å². The van der Waals surface area contributed by atoms with Gasteiger partial charge in [-0.3, -0.25) is 4.98 Å². The molecule has 0 atom stereocenters. The summed E-state index contributed by atoms with van der Waals surface area (Å²) in [5, 5.41) is 0. The van der Waals surface area contributed by atoms with Crippen molar-refractivity contribution in [1.82, 2.24) is 4.98 Å². The van der Waals surface area contributed by atoms with Gasteiger partial charge in [-0.2, -0.15) is 0 Å². The van der Waals surface area contributed by atoms with Gasteiger partial charge < -0.3 is 0 Å². The molecule has 0 N–H and O–H groups in total. The molecule has 0 amide bonds. The highest BCUT2D eigenvalue weighted by Gasteiger charge is 2.15. The molecule has 0 spiro atoms. The first-order valence-corrected chi connectivity index (χ1v) is 4.21. The average Bonchev–Trinajstić information content (AvgIpc) is 2.03. The first-order valence-electron chi connectivity index (χ1n) is 3.13. The Morgan fingerprint density at radius 1 is 1.42 bits per heavy atom. The summed E-state index contributed by atoms with van der Waals surface area (Å²) in [4.78, 5) is 3.56. The van der Waals surface area contributed by atoms with Crippen LogP contribution in [0.15, 0.2) is 12.4 Å². The van der Waals surface area contributed by atoms with Gasteiger partial charge >= 0.3 is 0 Å². The van der Waals surface area contributed by atoms with E-state index in [1.165, 1.54) is 6.20 Å². The molecule has 66 valence electrons. The summed E-state index contributed by atoms with van der Waals surface area (Å²) in [6.07, 6.45) is -0.290. The Morgan fingerprint density at radius 3 is 2.50 bits per heavy atom. The highest BCUT2D eigenvalue weighted by atomic mass is 127. The number of pyridine rings is 1. The number of alkyl halides is 3. The summed E-state index contributed by atoms with van der Waals surface area (Å²) in [6, 6.07) is 0. The van der Waals surface area contributed by atoms with Crippen LogP contribution in [0.2, 0.25) is 0 Å². The van der Waals surface area contributed by atoms with E-state index in [2.05, 4.69) is 4.98 Å². The van der Waals surface area contributed by atoms with Crippen LogP contribution in [0.25, 0.3) is 0 Å². The minimum absolute atomic E-state index is 0.0422. The van der Waals surface area contributed by atoms with Gasteiger partial charge in [-0.1, -0.05) is 0 Å². The van der Waals surface area contributed by atoms with E-state index in [0.717, 1.165) is 6.20 Å². The Morgan fingerprint density at radius 2 is 2.08 bits per heavy atom. The van der Waals surface area contributed by atoms with Crippen molar-refractivity contribution in [3.63, 3.8) is 0 Å². The first kappa shape index (κ1) is 9.76. The van der Waals surface area contributed by atoms with Crippen LogP contribution in [-0.2, 0) is 6.67 Å². The summed E-state index contributed by atoms with van der Waals surface area (Å²) in [7, 11) is 0. The lowest BCUT2D eigenvalue weighted by atomic mass is 10.2. The van der Waals surface area contributed by atoms with Crippen LogP contribution >= 0.6 is 22.6 Å². The Kier molecular flexibility index (Phi) is 3.30. The molecule has 0 aromatic carbocycles. The third-order valence-corrected chi connectivity index (χ3v) is 2.34. The molecule has 0 bridgehead atoms. The molecule has 0 radical (unpaired) electrons. The highest BCUT2D eigenvalue weighted by molar-refractivity contribution is 14.1. The average molecular weight is 287 g/mol. The Labute approximate surface area is 81.1 Å². The first-order chi connectivity index (χ1) is 5.66. The van der Waals surface area contributed by atoms with E-state index in [-0.39, 0.29) is 11.1 Å². The third-order valence-electron chi connectivity index (χ3n) is 1.41. The highest BCUT2D eigenvalue weighted by Crippen LogP contribution is 2.25. The van der Waals surface area contributed by atoms with E-state index in [1.54, 1.807) is 22.6 Å². The second-order valence-electron chi connectivity index (χ2n) is 2.12. The monoisotopic (exact) mass is 287 g/mol. The number of hydrogen-bond acceptors (Lipinski definition) is 1. The molecule has 0 fully saturated rings. The molecular weight excluding hydrogens is 282 g/mol. The standard InChI is InChI=1S/C7H5F3IN/c8-1-4-5(7(9)10)2-12-3-6(4)11/h2-3,7H,1H2. The second kappa shape index (κ2) is 4.06. The molecule has 1 rings (SSSR count). The van der Waals surface area contributed by atoms with Crippen molar-refractivity contribution in [1.29, 1.82) is 0 Å². The van der Waals surface area contributed by atoms with Gasteiger partial charge in [0, 0.05) is 27.1 Å². The molecule has 0 aliphatic carbocycles. The van der Waals surface area contributed by atoms with E-state index in [1.807, 2.05) is 0 Å². The normalized spacial score (nSPS) is 10.8. The van der Waals surface area contributed by atoms with Crippen LogP contribution in [0.5, 0.6) is 0 Å². The van der Waals surface area contributed by atoms with Crippen molar-refractivity contribution < 1.29 is 13.2 Å². The Bertz CT molecular complexity index is 277. The number of halogens is 4. The zero-order valence-electron chi connectivity index (χ0n) is 5.90. The van der Waals surface area contributed by atoms with Crippen LogP contribution in [0.1, 0.15) is 17.6 Å². The fourth-order valence-corrected chi connectivity index (χ4v) is 1.42. The zero-order chi connectivity index (χ0) is 9.14. The maximum Gasteiger partial charge on any atom is 0.265 e. The fraction of sp³-hybridized carbons (Fsp3) is 0.286. The van der Waals surface area contributed by atoms with Crippen LogP contribution < -0.4 is 0 Å². The quantitative estimate of drug-likeness (QED) is 0.762. The van der Waals surface area contributed by atoms with Crippen molar-refractivity contribution in [2.45, 2.75) is 13.1 Å². The molecule has 5 heteroatoms. The van der Waals surface area contributed by atoms with Crippen LogP contribution in [0.3, 0.4) is 0 Å². The van der Waals surface area contributed by atoms with E-state index in [9.17, 15) is 13.2 Å². The van der Waals surface area contributed by atoms with Gasteiger partial charge in [-0.05, 0) is 22.6 Å². The molecule has 0 saturated heterocycles. The zero-order valence-corrected chi connectivity index (χ0v) is 8.06. The summed E-state index contributed by atoms with van der Waals surface area (Å²) >= 11 is 1.78. The topological polar surface area (TPSA) is 12.9 Å². The predicted octanol–water partition coefficient (Wildman–Crippen LogP) is 3.09. The minimum Gasteiger partial charge on any atom is -0.263 e. The van der Waals surface area contributed by atoms with E-state index in [4.69, 9.17) is 0 Å². The van der Waals surface area contributed by atoms with Crippen LogP contribution in [-0.4, -0.2) is 4.98 Å². The number of rotatable bonds is 2.